The Bertz CT molecular complexity index is 445. The van der Waals surface area contributed by atoms with Crippen LogP contribution in [-0.2, 0) is 4.74 Å². The van der Waals surface area contributed by atoms with Crippen molar-refractivity contribution in [1.29, 1.82) is 0 Å². The highest BCUT2D eigenvalue weighted by atomic mass is 127. The zero-order valence-corrected chi connectivity index (χ0v) is 10.6. The maximum Gasteiger partial charge on any atom is 0.341 e. The molecule has 86 valence electrons. The van der Waals surface area contributed by atoms with Crippen molar-refractivity contribution in [3.63, 3.8) is 0 Å². The molecule has 1 rings (SSSR count). The number of carbonyl (C=O) groups excluding carboxylic acids is 1. The first-order valence-electron chi connectivity index (χ1n) is 4.46. The van der Waals surface area contributed by atoms with E-state index in [1.165, 1.54) is 12.1 Å². The lowest BCUT2D eigenvalue weighted by atomic mass is 10.1. The molecule has 0 atom stereocenters. The lowest BCUT2D eigenvalue weighted by Crippen LogP contribution is -2.14. The van der Waals surface area contributed by atoms with E-state index in [4.69, 9.17) is 15.6 Å². The van der Waals surface area contributed by atoms with Crippen molar-refractivity contribution in [2.24, 2.45) is 0 Å². The third-order valence-electron chi connectivity index (χ3n) is 1.84. The zero-order valence-electron chi connectivity index (χ0n) is 8.49. The van der Waals surface area contributed by atoms with Crippen molar-refractivity contribution in [2.75, 3.05) is 12.3 Å². The Balaban J connectivity index is 3.35. The minimum absolute atomic E-state index is 0.0882. The number of esters is 1. The SMILES string of the molecule is CCOC(=O)c1c(N)cc(I)cc1C(=O)O. The van der Waals surface area contributed by atoms with E-state index in [0.29, 0.717) is 3.57 Å². The van der Waals surface area contributed by atoms with Gasteiger partial charge in [0.25, 0.3) is 0 Å². The van der Waals surface area contributed by atoms with Gasteiger partial charge in [-0.15, -0.1) is 0 Å². The zero-order chi connectivity index (χ0) is 12.3. The minimum atomic E-state index is -1.20. The molecular weight excluding hydrogens is 325 g/mol. The molecule has 0 saturated heterocycles. The number of benzene rings is 1. The number of hydrogen-bond donors (Lipinski definition) is 2. The average molecular weight is 335 g/mol. The maximum absolute atomic E-state index is 11.5. The summed E-state index contributed by atoms with van der Waals surface area (Å²) in [4.78, 5) is 22.5. The summed E-state index contributed by atoms with van der Waals surface area (Å²) in [6.07, 6.45) is 0. The molecule has 0 heterocycles. The van der Waals surface area contributed by atoms with Crippen LogP contribution in [0.3, 0.4) is 0 Å². The summed E-state index contributed by atoms with van der Waals surface area (Å²) in [5.41, 5.74) is 5.51. The largest absolute Gasteiger partial charge is 0.478 e. The summed E-state index contributed by atoms with van der Waals surface area (Å²) >= 11 is 1.93. The highest BCUT2D eigenvalue weighted by molar-refractivity contribution is 14.1. The number of carbonyl (C=O) groups is 2. The number of rotatable bonds is 3. The predicted molar refractivity (Wildman–Crippen MR) is 66.5 cm³/mol. The number of nitrogen functional groups attached to an aromatic ring is 1. The molecule has 0 aliphatic heterocycles. The van der Waals surface area contributed by atoms with E-state index in [1.807, 2.05) is 22.6 Å². The highest BCUT2D eigenvalue weighted by Crippen LogP contribution is 2.22. The van der Waals surface area contributed by atoms with Gasteiger partial charge in [-0.25, -0.2) is 9.59 Å². The van der Waals surface area contributed by atoms with Crippen LogP contribution in [0.1, 0.15) is 27.6 Å². The molecule has 0 spiro atoms. The number of ether oxygens (including phenoxy) is 1. The number of hydrogen-bond acceptors (Lipinski definition) is 4. The van der Waals surface area contributed by atoms with E-state index in [9.17, 15) is 9.59 Å². The Morgan fingerprint density at radius 1 is 1.50 bits per heavy atom. The third-order valence-corrected chi connectivity index (χ3v) is 2.47. The van der Waals surface area contributed by atoms with Gasteiger partial charge in [0.1, 0.15) is 0 Å². The molecule has 0 aromatic heterocycles. The van der Waals surface area contributed by atoms with Crippen molar-refractivity contribution in [3.8, 4) is 0 Å². The Hall–Kier alpha value is -1.31. The lowest BCUT2D eigenvalue weighted by molar-refractivity contribution is 0.0516. The monoisotopic (exact) mass is 335 g/mol. The van der Waals surface area contributed by atoms with E-state index in [-0.39, 0.29) is 23.4 Å². The summed E-state index contributed by atoms with van der Waals surface area (Å²) in [5.74, 6) is -1.91. The topological polar surface area (TPSA) is 89.6 Å². The van der Waals surface area contributed by atoms with Gasteiger partial charge in [0.05, 0.1) is 17.7 Å². The highest BCUT2D eigenvalue weighted by Gasteiger charge is 2.21. The number of halogens is 1. The Morgan fingerprint density at radius 2 is 2.12 bits per heavy atom. The molecule has 3 N–H and O–H groups in total. The molecule has 0 bridgehead atoms. The first-order chi connectivity index (χ1) is 7.47. The van der Waals surface area contributed by atoms with Crippen LogP contribution in [0, 0.1) is 3.57 Å². The Morgan fingerprint density at radius 3 is 2.62 bits per heavy atom. The fraction of sp³-hybridized carbons (Fsp3) is 0.200. The summed E-state index contributed by atoms with van der Waals surface area (Å²) in [7, 11) is 0. The quantitative estimate of drug-likeness (QED) is 0.499. The van der Waals surface area contributed by atoms with Gasteiger partial charge in [-0.2, -0.15) is 0 Å². The van der Waals surface area contributed by atoms with E-state index in [2.05, 4.69) is 0 Å². The van der Waals surface area contributed by atoms with Crippen molar-refractivity contribution in [3.05, 3.63) is 26.8 Å². The summed E-state index contributed by atoms with van der Waals surface area (Å²) < 4.78 is 5.41. The van der Waals surface area contributed by atoms with Crippen molar-refractivity contribution >= 4 is 40.2 Å². The second-order valence-corrected chi connectivity index (χ2v) is 4.19. The normalized spacial score (nSPS) is 9.88. The molecule has 0 radical (unpaired) electrons. The Labute approximate surface area is 106 Å². The minimum Gasteiger partial charge on any atom is -0.478 e. The number of aromatic carboxylic acids is 1. The van der Waals surface area contributed by atoms with Crippen LogP contribution in [0.25, 0.3) is 0 Å². The first kappa shape index (κ1) is 12.8. The van der Waals surface area contributed by atoms with Crippen LogP contribution in [0.4, 0.5) is 5.69 Å². The summed E-state index contributed by atoms with van der Waals surface area (Å²) in [6.45, 7) is 1.81. The molecule has 0 aliphatic rings. The molecule has 5 nitrogen and oxygen atoms in total. The van der Waals surface area contributed by atoms with Gasteiger partial charge in [0.2, 0.25) is 0 Å². The standard InChI is InChI=1S/C10H10INO4/c1-2-16-10(15)8-6(9(13)14)3-5(11)4-7(8)12/h3-4H,2,12H2,1H3,(H,13,14). The molecule has 16 heavy (non-hydrogen) atoms. The average Bonchev–Trinajstić information content (AvgIpc) is 2.16. The molecule has 0 saturated carbocycles. The van der Waals surface area contributed by atoms with E-state index >= 15 is 0 Å². The first-order valence-corrected chi connectivity index (χ1v) is 5.54. The van der Waals surface area contributed by atoms with Gasteiger partial charge in [-0.05, 0) is 41.6 Å². The molecular formula is C10H10INO4. The van der Waals surface area contributed by atoms with Crippen LogP contribution in [0.5, 0.6) is 0 Å². The third kappa shape index (κ3) is 2.63. The molecule has 6 heteroatoms. The van der Waals surface area contributed by atoms with Crippen LogP contribution < -0.4 is 5.73 Å². The van der Waals surface area contributed by atoms with Gasteiger partial charge in [-0.3, -0.25) is 0 Å². The molecule has 0 amide bonds. The van der Waals surface area contributed by atoms with Crippen LogP contribution in [0.2, 0.25) is 0 Å². The van der Waals surface area contributed by atoms with Crippen molar-refractivity contribution in [1.82, 2.24) is 0 Å². The smallest absolute Gasteiger partial charge is 0.341 e. The number of nitrogens with two attached hydrogens (primary N) is 1. The summed E-state index contributed by atoms with van der Waals surface area (Å²) in [5, 5.41) is 8.96. The number of carboxylic acids is 1. The fourth-order valence-corrected chi connectivity index (χ4v) is 1.87. The second-order valence-electron chi connectivity index (χ2n) is 2.94. The number of anilines is 1. The molecule has 0 fully saturated rings. The summed E-state index contributed by atoms with van der Waals surface area (Å²) in [6, 6.07) is 2.91. The number of carboxylic acid groups (broad SMARTS) is 1. The van der Waals surface area contributed by atoms with Crippen LogP contribution in [-0.4, -0.2) is 23.7 Å². The Kier molecular flexibility index (Phi) is 4.11. The van der Waals surface area contributed by atoms with Gasteiger partial charge in [0.15, 0.2) is 0 Å². The predicted octanol–water partition coefficient (Wildman–Crippen LogP) is 1.75. The van der Waals surface area contributed by atoms with Crippen molar-refractivity contribution < 1.29 is 19.4 Å². The molecule has 0 unspecified atom stereocenters. The second kappa shape index (κ2) is 5.15. The lowest BCUT2D eigenvalue weighted by Gasteiger charge is -2.09. The maximum atomic E-state index is 11.5. The van der Waals surface area contributed by atoms with Gasteiger partial charge < -0.3 is 15.6 Å². The van der Waals surface area contributed by atoms with Gasteiger partial charge in [-0.1, -0.05) is 0 Å². The van der Waals surface area contributed by atoms with Gasteiger partial charge >= 0.3 is 11.9 Å². The molecule has 0 aliphatic carbocycles. The van der Waals surface area contributed by atoms with E-state index in [0.717, 1.165) is 0 Å². The van der Waals surface area contributed by atoms with E-state index < -0.39 is 11.9 Å². The molecule has 1 aromatic rings. The molecule has 1 aromatic carbocycles. The van der Waals surface area contributed by atoms with Gasteiger partial charge in [0, 0.05) is 9.26 Å². The van der Waals surface area contributed by atoms with Crippen LogP contribution in [0.15, 0.2) is 12.1 Å². The van der Waals surface area contributed by atoms with E-state index in [1.54, 1.807) is 6.92 Å². The van der Waals surface area contributed by atoms with Crippen LogP contribution >= 0.6 is 22.6 Å². The van der Waals surface area contributed by atoms with Crippen molar-refractivity contribution in [2.45, 2.75) is 6.92 Å². The fourth-order valence-electron chi connectivity index (χ4n) is 1.23.